The van der Waals surface area contributed by atoms with Gasteiger partial charge < -0.3 is 15.5 Å². The minimum Gasteiger partial charge on any atom is -0.355 e. The van der Waals surface area contributed by atoms with Crippen LogP contribution in [0.25, 0.3) is 0 Å². The van der Waals surface area contributed by atoms with Crippen molar-refractivity contribution in [2.24, 2.45) is 4.99 Å². The van der Waals surface area contributed by atoms with Crippen LogP contribution in [-0.2, 0) is 11.3 Å². The van der Waals surface area contributed by atoms with Gasteiger partial charge in [-0.25, -0.2) is 4.99 Å². The van der Waals surface area contributed by atoms with Crippen LogP contribution in [0.2, 0.25) is 0 Å². The zero-order chi connectivity index (χ0) is 18.2. The van der Waals surface area contributed by atoms with Gasteiger partial charge in [0.15, 0.2) is 5.96 Å². The first-order chi connectivity index (χ1) is 12.0. The van der Waals surface area contributed by atoms with Crippen LogP contribution in [-0.4, -0.2) is 68.0 Å². The lowest BCUT2D eigenvalue weighted by atomic mass is 10.2. The molecule has 2 rings (SSSR count). The molecule has 2 N–H and O–H groups in total. The Morgan fingerprint density at radius 1 is 1.40 bits per heavy atom. The summed E-state index contributed by atoms with van der Waals surface area (Å²) in [6.07, 6.45) is 2.47. The van der Waals surface area contributed by atoms with Crippen LogP contribution in [0.15, 0.2) is 17.1 Å². The summed E-state index contributed by atoms with van der Waals surface area (Å²) in [7, 11) is 3.51. The summed E-state index contributed by atoms with van der Waals surface area (Å²) >= 11 is 1.78. The van der Waals surface area contributed by atoms with Gasteiger partial charge in [0.05, 0.1) is 6.54 Å². The van der Waals surface area contributed by atoms with E-state index in [1.165, 1.54) is 29.1 Å². The number of hydrogen-bond acceptors (Lipinski definition) is 4. The average molecular weight is 366 g/mol. The standard InChI is InChI=1S/C18H31N5OS/c1-5-23-10-6-7-15(23)11-19-18(21-13-17(24)22(3)4)20-12-16-9-8-14(2)25-16/h8-9,15H,5-7,10-13H2,1-4H3,(H2,19,20,21). The number of hydrogen-bond donors (Lipinski definition) is 2. The molecular formula is C18H31N5OS. The van der Waals surface area contributed by atoms with E-state index in [2.05, 4.69) is 46.5 Å². The Morgan fingerprint density at radius 2 is 2.20 bits per heavy atom. The fourth-order valence-electron chi connectivity index (χ4n) is 2.97. The number of carbonyl (C=O) groups excluding carboxylic acids is 1. The quantitative estimate of drug-likeness (QED) is 0.570. The molecule has 1 aliphatic rings. The maximum absolute atomic E-state index is 11.8. The summed E-state index contributed by atoms with van der Waals surface area (Å²) < 4.78 is 0. The number of likely N-dealkylation sites (tertiary alicyclic amines) is 1. The number of likely N-dealkylation sites (N-methyl/N-ethyl adjacent to an activating group) is 2. The number of amides is 1. The molecule has 0 bridgehead atoms. The van der Waals surface area contributed by atoms with E-state index in [9.17, 15) is 4.79 Å². The smallest absolute Gasteiger partial charge is 0.243 e. The van der Waals surface area contributed by atoms with Crippen LogP contribution in [0.1, 0.15) is 29.5 Å². The molecule has 0 radical (unpaired) electrons. The fourth-order valence-corrected chi connectivity index (χ4v) is 3.80. The third kappa shape index (κ3) is 6.32. The predicted molar refractivity (Wildman–Crippen MR) is 105 cm³/mol. The summed E-state index contributed by atoms with van der Waals surface area (Å²) in [5.41, 5.74) is 0. The Morgan fingerprint density at radius 3 is 2.84 bits per heavy atom. The van der Waals surface area contributed by atoms with Gasteiger partial charge in [-0.15, -0.1) is 11.3 Å². The first-order valence-corrected chi connectivity index (χ1v) is 9.83. The minimum atomic E-state index is 0.00381. The van der Waals surface area contributed by atoms with Crippen molar-refractivity contribution < 1.29 is 4.79 Å². The maximum Gasteiger partial charge on any atom is 0.243 e. The molecule has 1 aromatic rings. The molecular weight excluding hydrogens is 334 g/mol. The Labute approximate surface area is 155 Å². The summed E-state index contributed by atoms with van der Waals surface area (Å²) in [6.45, 7) is 8.32. The SMILES string of the molecule is CCN1CCCC1CNC(=NCC(=O)N(C)C)NCc1ccc(C)s1. The maximum atomic E-state index is 11.8. The first-order valence-electron chi connectivity index (χ1n) is 9.01. The Balaban J connectivity index is 1.92. The zero-order valence-electron chi connectivity index (χ0n) is 15.8. The number of aryl methyl sites for hydroxylation is 1. The fraction of sp³-hybridized carbons (Fsp3) is 0.667. The van der Waals surface area contributed by atoms with Crippen molar-refractivity contribution in [1.82, 2.24) is 20.4 Å². The first kappa shape index (κ1) is 19.7. The van der Waals surface area contributed by atoms with Gasteiger partial charge >= 0.3 is 0 Å². The average Bonchev–Trinajstić information content (AvgIpc) is 3.21. The molecule has 1 aromatic heterocycles. The largest absolute Gasteiger partial charge is 0.355 e. The van der Waals surface area contributed by atoms with Gasteiger partial charge in [-0.05, 0) is 45.0 Å². The van der Waals surface area contributed by atoms with E-state index in [1.54, 1.807) is 30.3 Å². The third-order valence-corrected chi connectivity index (χ3v) is 5.51. The van der Waals surface area contributed by atoms with Crippen LogP contribution in [0.3, 0.4) is 0 Å². The summed E-state index contributed by atoms with van der Waals surface area (Å²) in [5, 5.41) is 6.79. The molecule has 6 nitrogen and oxygen atoms in total. The van der Waals surface area contributed by atoms with Gasteiger partial charge in [0.25, 0.3) is 0 Å². The van der Waals surface area contributed by atoms with Gasteiger partial charge in [0.2, 0.25) is 5.91 Å². The van der Waals surface area contributed by atoms with Crippen molar-refractivity contribution in [2.75, 3.05) is 40.3 Å². The zero-order valence-corrected chi connectivity index (χ0v) is 16.7. The molecule has 0 spiro atoms. The number of rotatable bonds is 7. The highest BCUT2D eigenvalue weighted by Gasteiger charge is 2.22. The van der Waals surface area contributed by atoms with E-state index in [-0.39, 0.29) is 12.5 Å². The molecule has 0 aliphatic carbocycles. The lowest BCUT2D eigenvalue weighted by Gasteiger charge is -2.24. The normalized spacial score (nSPS) is 18.4. The second-order valence-corrected chi connectivity index (χ2v) is 8.00. The number of guanidine groups is 1. The molecule has 25 heavy (non-hydrogen) atoms. The molecule has 1 unspecified atom stereocenters. The summed E-state index contributed by atoms with van der Waals surface area (Å²) in [6, 6.07) is 4.80. The highest BCUT2D eigenvalue weighted by Crippen LogP contribution is 2.16. The molecule has 7 heteroatoms. The van der Waals surface area contributed by atoms with Gasteiger partial charge in [-0.2, -0.15) is 0 Å². The Hall–Kier alpha value is -1.60. The molecule has 2 heterocycles. The van der Waals surface area contributed by atoms with Crippen LogP contribution in [0.4, 0.5) is 0 Å². The predicted octanol–water partition coefficient (Wildman–Crippen LogP) is 1.66. The molecule has 1 amide bonds. The van der Waals surface area contributed by atoms with Crippen LogP contribution >= 0.6 is 11.3 Å². The number of carbonyl (C=O) groups is 1. The Kier molecular flexibility index (Phi) is 7.71. The molecule has 1 fully saturated rings. The van der Waals surface area contributed by atoms with Crippen molar-refractivity contribution in [2.45, 2.75) is 39.3 Å². The monoisotopic (exact) mass is 365 g/mol. The highest BCUT2D eigenvalue weighted by molar-refractivity contribution is 7.11. The van der Waals surface area contributed by atoms with Gasteiger partial charge in [0, 0.05) is 36.4 Å². The second-order valence-electron chi connectivity index (χ2n) is 6.62. The van der Waals surface area contributed by atoms with E-state index < -0.39 is 0 Å². The van der Waals surface area contributed by atoms with Gasteiger partial charge in [-0.3, -0.25) is 9.69 Å². The van der Waals surface area contributed by atoms with Crippen molar-refractivity contribution >= 4 is 23.2 Å². The lowest BCUT2D eigenvalue weighted by Crippen LogP contribution is -2.45. The lowest BCUT2D eigenvalue weighted by molar-refractivity contribution is -0.127. The van der Waals surface area contributed by atoms with E-state index in [4.69, 9.17) is 0 Å². The van der Waals surface area contributed by atoms with E-state index in [1.807, 2.05) is 0 Å². The van der Waals surface area contributed by atoms with Gasteiger partial charge in [0.1, 0.15) is 6.54 Å². The van der Waals surface area contributed by atoms with E-state index in [0.717, 1.165) is 19.6 Å². The number of aliphatic imine (C=N–C) groups is 1. The van der Waals surface area contributed by atoms with Crippen molar-refractivity contribution in [3.8, 4) is 0 Å². The Bertz CT molecular complexity index is 584. The summed E-state index contributed by atoms with van der Waals surface area (Å²) in [4.78, 5) is 22.9. The molecule has 1 aliphatic heterocycles. The topological polar surface area (TPSA) is 60.0 Å². The molecule has 140 valence electrons. The molecule has 0 aromatic carbocycles. The number of thiophene rings is 1. The molecule has 1 saturated heterocycles. The van der Waals surface area contributed by atoms with E-state index in [0.29, 0.717) is 12.0 Å². The van der Waals surface area contributed by atoms with Crippen LogP contribution in [0, 0.1) is 6.92 Å². The minimum absolute atomic E-state index is 0.00381. The van der Waals surface area contributed by atoms with Crippen molar-refractivity contribution in [1.29, 1.82) is 0 Å². The van der Waals surface area contributed by atoms with Gasteiger partial charge in [-0.1, -0.05) is 6.92 Å². The summed E-state index contributed by atoms with van der Waals surface area (Å²) in [5.74, 6) is 0.716. The molecule has 1 atom stereocenters. The highest BCUT2D eigenvalue weighted by atomic mass is 32.1. The van der Waals surface area contributed by atoms with Crippen molar-refractivity contribution in [3.05, 3.63) is 21.9 Å². The number of nitrogens with one attached hydrogen (secondary N) is 2. The van der Waals surface area contributed by atoms with Crippen LogP contribution < -0.4 is 10.6 Å². The second kappa shape index (κ2) is 9.77. The van der Waals surface area contributed by atoms with Crippen LogP contribution in [0.5, 0.6) is 0 Å². The number of nitrogens with zero attached hydrogens (tertiary/aromatic N) is 3. The third-order valence-electron chi connectivity index (χ3n) is 4.51. The van der Waals surface area contributed by atoms with E-state index >= 15 is 0 Å². The molecule has 0 saturated carbocycles. The van der Waals surface area contributed by atoms with Crippen molar-refractivity contribution in [3.63, 3.8) is 0 Å².